The summed E-state index contributed by atoms with van der Waals surface area (Å²) < 4.78 is 5.50. The van der Waals surface area contributed by atoms with Crippen LogP contribution in [0.25, 0.3) is 0 Å². The van der Waals surface area contributed by atoms with Crippen molar-refractivity contribution in [3.63, 3.8) is 0 Å². The number of rotatable bonds is 2. The Morgan fingerprint density at radius 2 is 1.58 bits per heavy atom. The van der Waals surface area contributed by atoms with E-state index in [1.165, 1.54) is 23.3 Å². The smallest absolute Gasteiger partial charge is 0.338 e. The largest absolute Gasteiger partial charge is 0.508 e. The predicted octanol–water partition coefficient (Wildman–Crippen LogP) is 2.72. The van der Waals surface area contributed by atoms with Crippen molar-refractivity contribution in [2.45, 2.75) is 18.9 Å². The van der Waals surface area contributed by atoms with Crippen LogP contribution in [0.5, 0.6) is 5.75 Å². The summed E-state index contributed by atoms with van der Waals surface area (Å²) in [6.45, 7) is 0. The Balaban J connectivity index is 1.67. The van der Waals surface area contributed by atoms with Crippen molar-refractivity contribution in [1.82, 2.24) is 0 Å². The zero-order chi connectivity index (χ0) is 13.2. The minimum absolute atomic E-state index is 0.0845. The summed E-state index contributed by atoms with van der Waals surface area (Å²) in [5, 5.41) is 9.19. The highest BCUT2D eigenvalue weighted by molar-refractivity contribution is 5.89. The fourth-order valence-corrected chi connectivity index (χ4v) is 2.42. The van der Waals surface area contributed by atoms with E-state index >= 15 is 0 Å². The molecule has 3 heteroatoms. The Labute approximate surface area is 111 Å². The maximum absolute atomic E-state index is 12.0. The lowest BCUT2D eigenvalue weighted by Crippen LogP contribution is -2.18. The number of aromatic hydroxyl groups is 1. The summed E-state index contributed by atoms with van der Waals surface area (Å²) in [4.78, 5) is 12.0. The van der Waals surface area contributed by atoms with Crippen LogP contribution in [0.4, 0.5) is 0 Å². The minimum atomic E-state index is -0.335. The lowest BCUT2D eigenvalue weighted by molar-refractivity contribution is 0.0325. The number of fused-ring (bicyclic) bond motifs is 1. The van der Waals surface area contributed by atoms with Gasteiger partial charge in [0.25, 0.3) is 0 Å². The average molecular weight is 254 g/mol. The number of benzene rings is 2. The molecule has 0 saturated carbocycles. The molecular weight excluding hydrogens is 240 g/mol. The van der Waals surface area contributed by atoms with Gasteiger partial charge in [0, 0.05) is 12.8 Å². The Bertz CT molecular complexity index is 577. The van der Waals surface area contributed by atoms with Crippen LogP contribution >= 0.6 is 0 Å². The number of hydrogen-bond acceptors (Lipinski definition) is 3. The standard InChI is InChI=1S/C16H14O3/c17-14-7-5-11(6-8-14)16(18)19-15-9-12-3-1-2-4-13(12)10-15/h1-8,15,17H,9-10H2. The molecular formula is C16H14O3. The Morgan fingerprint density at radius 3 is 2.16 bits per heavy atom. The van der Waals surface area contributed by atoms with Crippen molar-refractivity contribution in [2.75, 3.05) is 0 Å². The molecule has 1 N–H and O–H groups in total. The van der Waals surface area contributed by atoms with Crippen LogP contribution < -0.4 is 0 Å². The van der Waals surface area contributed by atoms with Gasteiger partial charge in [-0.2, -0.15) is 0 Å². The maximum Gasteiger partial charge on any atom is 0.338 e. The second kappa shape index (κ2) is 4.76. The van der Waals surface area contributed by atoms with Crippen molar-refractivity contribution in [3.05, 3.63) is 65.2 Å². The summed E-state index contributed by atoms with van der Waals surface area (Å²) in [5.41, 5.74) is 2.98. The number of phenolic OH excluding ortho intramolecular Hbond substituents is 1. The molecule has 0 spiro atoms. The first-order chi connectivity index (χ1) is 9.22. The van der Waals surface area contributed by atoms with Gasteiger partial charge in [0.05, 0.1) is 5.56 Å². The first-order valence-corrected chi connectivity index (χ1v) is 6.29. The quantitative estimate of drug-likeness (QED) is 0.838. The van der Waals surface area contributed by atoms with Gasteiger partial charge in [-0.05, 0) is 35.4 Å². The number of esters is 1. The van der Waals surface area contributed by atoms with Gasteiger partial charge in [0.2, 0.25) is 0 Å². The molecule has 0 atom stereocenters. The third-order valence-electron chi connectivity index (χ3n) is 3.39. The molecule has 0 amide bonds. The van der Waals surface area contributed by atoms with Crippen molar-refractivity contribution < 1.29 is 14.6 Å². The van der Waals surface area contributed by atoms with E-state index in [1.54, 1.807) is 12.1 Å². The van der Waals surface area contributed by atoms with Crippen LogP contribution in [0, 0.1) is 0 Å². The molecule has 0 fully saturated rings. The number of hydrogen-bond donors (Lipinski definition) is 1. The van der Waals surface area contributed by atoms with Crippen molar-refractivity contribution in [2.24, 2.45) is 0 Å². The van der Waals surface area contributed by atoms with Gasteiger partial charge in [0.1, 0.15) is 11.9 Å². The molecule has 0 unspecified atom stereocenters. The second-order valence-electron chi connectivity index (χ2n) is 4.75. The molecule has 0 heterocycles. The maximum atomic E-state index is 12.0. The number of phenols is 1. The SMILES string of the molecule is O=C(OC1Cc2ccccc2C1)c1ccc(O)cc1. The van der Waals surface area contributed by atoms with Crippen LogP contribution in [0.15, 0.2) is 48.5 Å². The van der Waals surface area contributed by atoms with Gasteiger partial charge in [-0.3, -0.25) is 0 Å². The van der Waals surface area contributed by atoms with Crippen LogP contribution in [0.1, 0.15) is 21.5 Å². The molecule has 3 rings (SSSR count). The summed E-state index contributed by atoms with van der Waals surface area (Å²) in [5.74, 6) is -0.192. The molecule has 3 nitrogen and oxygen atoms in total. The first-order valence-electron chi connectivity index (χ1n) is 6.29. The zero-order valence-corrected chi connectivity index (χ0v) is 10.4. The zero-order valence-electron chi connectivity index (χ0n) is 10.4. The molecule has 0 aliphatic heterocycles. The fraction of sp³-hybridized carbons (Fsp3) is 0.188. The van der Waals surface area contributed by atoms with Crippen LogP contribution in [0.2, 0.25) is 0 Å². The van der Waals surface area contributed by atoms with E-state index in [2.05, 4.69) is 12.1 Å². The van der Waals surface area contributed by atoms with E-state index in [0.29, 0.717) is 5.56 Å². The van der Waals surface area contributed by atoms with E-state index in [4.69, 9.17) is 4.74 Å². The Morgan fingerprint density at radius 1 is 1.00 bits per heavy atom. The highest BCUT2D eigenvalue weighted by atomic mass is 16.5. The highest BCUT2D eigenvalue weighted by Crippen LogP contribution is 2.24. The number of carbonyl (C=O) groups excluding carboxylic acids is 1. The molecule has 1 aliphatic rings. The van der Waals surface area contributed by atoms with Crippen molar-refractivity contribution >= 4 is 5.97 Å². The summed E-state index contributed by atoms with van der Waals surface area (Å²) in [7, 11) is 0. The predicted molar refractivity (Wildman–Crippen MR) is 71.2 cm³/mol. The molecule has 1 aliphatic carbocycles. The second-order valence-corrected chi connectivity index (χ2v) is 4.75. The van der Waals surface area contributed by atoms with E-state index in [9.17, 15) is 9.90 Å². The summed E-state index contributed by atoms with van der Waals surface area (Å²) in [6.07, 6.45) is 1.47. The lowest BCUT2D eigenvalue weighted by atomic mass is 10.1. The van der Waals surface area contributed by atoms with Gasteiger partial charge >= 0.3 is 5.97 Å². The normalized spacial score (nSPS) is 14.1. The summed E-state index contributed by atoms with van der Waals surface area (Å²) in [6, 6.07) is 14.3. The van der Waals surface area contributed by atoms with Crippen LogP contribution in [-0.2, 0) is 17.6 Å². The molecule has 0 saturated heterocycles. The molecule has 19 heavy (non-hydrogen) atoms. The van der Waals surface area contributed by atoms with Crippen molar-refractivity contribution in [3.8, 4) is 5.75 Å². The Kier molecular flexibility index (Phi) is 2.95. The molecule has 0 aromatic heterocycles. The minimum Gasteiger partial charge on any atom is -0.508 e. The van der Waals surface area contributed by atoms with E-state index in [-0.39, 0.29) is 17.8 Å². The number of carbonyl (C=O) groups is 1. The monoisotopic (exact) mass is 254 g/mol. The average Bonchev–Trinajstić information content (AvgIpc) is 2.81. The topological polar surface area (TPSA) is 46.5 Å². The number of ether oxygens (including phenoxy) is 1. The van der Waals surface area contributed by atoms with Gasteiger partial charge in [-0.25, -0.2) is 4.79 Å². The van der Waals surface area contributed by atoms with E-state index in [0.717, 1.165) is 12.8 Å². The van der Waals surface area contributed by atoms with Crippen LogP contribution in [-0.4, -0.2) is 17.2 Å². The molecule has 96 valence electrons. The van der Waals surface area contributed by atoms with Gasteiger partial charge in [-0.15, -0.1) is 0 Å². The fourth-order valence-electron chi connectivity index (χ4n) is 2.42. The molecule has 0 bridgehead atoms. The molecule has 2 aromatic rings. The van der Waals surface area contributed by atoms with Gasteiger partial charge in [0.15, 0.2) is 0 Å². The van der Waals surface area contributed by atoms with Gasteiger partial charge in [-0.1, -0.05) is 24.3 Å². The first kappa shape index (κ1) is 11.8. The van der Waals surface area contributed by atoms with Gasteiger partial charge < -0.3 is 9.84 Å². The van der Waals surface area contributed by atoms with Crippen LogP contribution in [0.3, 0.4) is 0 Å². The summed E-state index contributed by atoms with van der Waals surface area (Å²) >= 11 is 0. The third-order valence-corrected chi connectivity index (χ3v) is 3.39. The Hall–Kier alpha value is -2.29. The van der Waals surface area contributed by atoms with E-state index < -0.39 is 0 Å². The lowest BCUT2D eigenvalue weighted by Gasteiger charge is -2.11. The molecule has 0 radical (unpaired) electrons. The van der Waals surface area contributed by atoms with Crippen molar-refractivity contribution in [1.29, 1.82) is 0 Å². The molecule has 2 aromatic carbocycles. The highest BCUT2D eigenvalue weighted by Gasteiger charge is 2.24. The third kappa shape index (κ3) is 2.45. The van der Waals surface area contributed by atoms with E-state index in [1.807, 2.05) is 12.1 Å².